The van der Waals surface area contributed by atoms with Gasteiger partial charge >= 0.3 is 0 Å². The van der Waals surface area contributed by atoms with E-state index in [0.717, 1.165) is 46.8 Å². The number of fused-ring (bicyclic) bond motifs is 1. The summed E-state index contributed by atoms with van der Waals surface area (Å²) in [6.07, 6.45) is 1.34. The van der Waals surface area contributed by atoms with Crippen LogP contribution in [0, 0.1) is 17.0 Å². The number of nitro groups is 1. The Morgan fingerprint density at radius 2 is 1.59 bits per heavy atom. The van der Waals surface area contributed by atoms with E-state index in [1.165, 1.54) is 24.3 Å². The van der Waals surface area contributed by atoms with E-state index in [4.69, 9.17) is 15.1 Å². The van der Waals surface area contributed by atoms with E-state index in [9.17, 15) is 14.9 Å². The number of aryl methyl sites for hydroxylation is 1. The van der Waals surface area contributed by atoms with Crippen molar-refractivity contribution in [2.24, 2.45) is 0 Å². The van der Waals surface area contributed by atoms with Crippen LogP contribution < -0.4 is 4.90 Å². The highest BCUT2D eigenvalue weighted by Crippen LogP contribution is 2.30. The zero-order chi connectivity index (χ0) is 28.3. The monoisotopic (exact) mass is 547 g/mol. The van der Waals surface area contributed by atoms with Gasteiger partial charge in [0, 0.05) is 50.3 Å². The van der Waals surface area contributed by atoms with Gasteiger partial charge in [-0.3, -0.25) is 14.9 Å². The van der Waals surface area contributed by atoms with Crippen LogP contribution >= 0.6 is 0 Å². The van der Waals surface area contributed by atoms with Crippen molar-refractivity contribution >= 4 is 28.4 Å². The number of non-ortho nitro benzene ring substituents is 1. The molecule has 0 N–H and O–H groups in total. The summed E-state index contributed by atoms with van der Waals surface area (Å²) >= 11 is 0. The minimum Gasteiger partial charge on any atom is -0.354 e. The van der Waals surface area contributed by atoms with Crippen molar-refractivity contribution in [2.75, 3.05) is 31.1 Å². The predicted molar refractivity (Wildman–Crippen MR) is 156 cm³/mol. The molecule has 0 aliphatic carbocycles. The molecule has 1 aliphatic heterocycles. The van der Waals surface area contributed by atoms with Crippen molar-refractivity contribution in [1.29, 1.82) is 0 Å². The first kappa shape index (κ1) is 26.1. The van der Waals surface area contributed by atoms with Gasteiger partial charge in [0.1, 0.15) is 11.6 Å². The Morgan fingerprint density at radius 3 is 2.29 bits per heavy atom. The highest BCUT2D eigenvalue weighted by Gasteiger charge is 2.26. The van der Waals surface area contributed by atoms with Crippen LogP contribution in [-0.4, -0.2) is 61.7 Å². The molecule has 206 valence electrons. The highest BCUT2D eigenvalue weighted by atomic mass is 16.6. The molecule has 0 saturated carbocycles. The lowest BCUT2D eigenvalue weighted by Crippen LogP contribution is -2.35. The van der Waals surface area contributed by atoms with Crippen molar-refractivity contribution in [3.8, 4) is 5.69 Å². The van der Waals surface area contributed by atoms with Crippen LogP contribution in [0.25, 0.3) is 16.7 Å². The molecular weight excluding hydrogens is 518 g/mol. The molecule has 41 heavy (non-hydrogen) atoms. The number of para-hydroxylation sites is 1. The molecule has 0 spiro atoms. The molecule has 10 heteroatoms. The quantitative estimate of drug-likeness (QED) is 0.218. The first-order valence-corrected chi connectivity index (χ1v) is 13.6. The Morgan fingerprint density at radius 1 is 0.878 bits per heavy atom. The van der Waals surface area contributed by atoms with E-state index in [1.54, 1.807) is 0 Å². The second kappa shape index (κ2) is 11.2. The summed E-state index contributed by atoms with van der Waals surface area (Å²) < 4.78 is 1.88. The number of amides is 1. The molecule has 2 aromatic heterocycles. The smallest absolute Gasteiger partial charge is 0.269 e. The van der Waals surface area contributed by atoms with Gasteiger partial charge < -0.3 is 9.80 Å². The van der Waals surface area contributed by atoms with Gasteiger partial charge in [0.2, 0.25) is 0 Å². The maximum absolute atomic E-state index is 13.3. The van der Waals surface area contributed by atoms with Gasteiger partial charge in [0.25, 0.3) is 11.6 Å². The van der Waals surface area contributed by atoms with Crippen molar-refractivity contribution in [2.45, 2.75) is 19.8 Å². The number of hydrogen-bond acceptors (Lipinski definition) is 7. The maximum Gasteiger partial charge on any atom is 0.269 e. The first-order valence-electron chi connectivity index (χ1n) is 13.6. The van der Waals surface area contributed by atoms with Crippen LogP contribution in [-0.2, 0) is 6.42 Å². The van der Waals surface area contributed by atoms with E-state index < -0.39 is 4.92 Å². The Hall–Kier alpha value is -5.12. The molecule has 0 atom stereocenters. The second-order valence-electron chi connectivity index (χ2n) is 10.1. The van der Waals surface area contributed by atoms with Gasteiger partial charge in [-0.05, 0) is 43.2 Å². The number of carbonyl (C=O) groups is 1. The largest absolute Gasteiger partial charge is 0.354 e. The number of aromatic nitrogens is 4. The SMILES string of the molecule is Cc1nn(-c2ccccc2)c2nc(Cc3ccccc3)nc(N3CCCN(C(=O)c4ccc([N+](=O)[O-])cc4)CC3)c12. The summed E-state index contributed by atoms with van der Waals surface area (Å²) in [5.74, 6) is 1.40. The van der Waals surface area contributed by atoms with Gasteiger partial charge in [-0.25, -0.2) is 14.6 Å². The third-order valence-electron chi connectivity index (χ3n) is 7.34. The van der Waals surface area contributed by atoms with Gasteiger partial charge in [0.15, 0.2) is 5.65 Å². The third kappa shape index (κ3) is 5.36. The molecule has 5 aromatic rings. The highest BCUT2D eigenvalue weighted by molar-refractivity contribution is 5.95. The van der Waals surface area contributed by atoms with E-state index in [2.05, 4.69) is 17.0 Å². The van der Waals surface area contributed by atoms with Gasteiger partial charge in [0.05, 0.1) is 21.7 Å². The summed E-state index contributed by atoms with van der Waals surface area (Å²) in [6, 6.07) is 25.9. The lowest BCUT2D eigenvalue weighted by molar-refractivity contribution is -0.384. The standard InChI is InChI=1S/C31H29N7O3/c1-22-28-29(35-17-8-18-36(20-19-35)31(39)24-13-15-26(16-14-24)38(40)41)32-27(21-23-9-4-2-5-10-23)33-30(28)37(34-22)25-11-6-3-7-12-25/h2-7,9-16H,8,17-21H2,1H3. The second-order valence-corrected chi connectivity index (χ2v) is 10.1. The Bertz CT molecular complexity index is 1700. The minimum atomic E-state index is -0.464. The predicted octanol–water partition coefficient (Wildman–Crippen LogP) is 4.98. The molecule has 1 amide bonds. The number of carbonyl (C=O) groups excluding carboxylic acids is 1. The summed E-state index contributed by atoms with van der Waals surface area (Å²) in [5.41, 5.74) is 4.06. The fraction of sp³-hybridized carbons (Fsp3) is 0.226. The van der Waals surface area contributed by atoms with Crippen LogP contribution in [0.4, 0.5) is 11.5 Å². The Balaban J connectivity index is 1.34. The molecule has 0 bridgehead atoms. The summed E-state index contributed by atoms with van der Waals surface area (Å²) in [5, 5.41) is 16.8. The van der Waals surface area contributed by atoms with Crippen LogP contribution in [0.2, 0.25) is 0 Å². The average molecular weight is 548 g/mol. The number of nitro benzene ring substituents is 1. The molecule has 10 nitrogen and oxygen atoms in total. The fourth-order valence-electron chi connectivity index (χ4n) is 5.28. The fourth-order valence-corrected chi connectivity index (χ4v) is 5.28. The molecule has 3 heterocycles. The van der Waals surface area contributed by atoms with E-state index >= 15 is 0 Å². The van der Waals surface area contributed by atoms with Crippen LogP contribution in [0.5, 0.6) is 0 Å². The number of nitrogens with zero attached hydrogens (tertiary/aromatic N) is 7. The van der Waals surface area contributed by atoms with Crippen molar-refractivity contribution in [3.63, 3.8) is 0 Å². The van der Waals surface area contributed by atoms with Crippen LogP contribution in [0.15, 0.2) is 84.9 Å². The van der Waals surface area contributed by atoms with Crippen LogP contribution in [0.1, 0.15) is 33.9 Å². The molecule has 6 rings (SSSR count). The number of anilines is 1. The number of hydrogen-bond donors (Lipinski definition) is 0. The molecule has 1 fully saturated rings. The van der Waals surface area contributed by atoms with Gasteiger partial charge in [-0.15, -0.1) is 0 Å². The molecule has 1 saturated heterocycles. The molecule has 0 radical (unpaired) electrons. The van der Waals surface area contributed by atoms with E-state index in [1.807, 2.05) is 65.0 Å². The van der Waals surface area contributed by atoms with Crippen molar-refractivity contribution < 1.29 is 9.72 Å². The zero-order valence-electron chi connectivity index (χ0n) is 22.7. The molecule has 1 aliphatic rings. The van der Waals surface area contributed by atoms with Gasteiger partial charge in [-0.2, -0.15) is 5.10 Å². The first-order chi connectivity index (χ1) is 20.0. The maximum atomic E-state index is 13.3. The van der Waals surface area contributed by atoms with Crippen molar-refractivity contribution in [3.05, 3.63) is 118 Å². The number of benzene rings is 3. The van der Waals surface area contributed by atoms with E-state index in [0.29, 0.717) is 37.4 Å². The Labute approximate surface area is 237 Å². The lowest BCUT2D eigenvalue weighted by atomic mass is 10.1. The molecular formula is C31H29N7O3. The summed E-state index contributed by atoms with van der Waals surface area (Å²) in [4.78, 5) is 37.9. The third-order valence-corrected chi connectivity index (χ3v) is 7.34. The average Bonchev–Trinajstić information content (AvgIpc) is 3.16. The summed E-state index contributed by atoms with van der Waals surface area (Å²) in [7, 11) is 0. The minimum absolute atomic E-state index is 0.0332. The zero-order valence-corrected chi connectivity index (χ0v) is 22.7. The molecule has 0 unspecified atom stereocenters. The number of rotatable bonds is 6. The summed E-state index contributed by atoms with van der Waals surface area (Å²) in [6.45, 7) is 4.37. The lowest BCUT2D eigenvalue weighted by Gasteiger charge is -2.24. The molecule has 3 aromatic carbocycles. The van der Waals surface area contributed by atoms with E-state index in [-0.39, 0.29) is 11.6 Å². The van der Waals surface area contributed by atoms with Crippen LogP contribution in [0.3, 0.4) is 0 Å². The topological polar surface area (TPSA) is 110 Å². The Kier molecular flexibility index (Phi) is 7.11. The van der Waals surface area contributed by atoms with Gasteiger partial charge in [-0.1, -0.05) is 48.5 Å². The normalized spacial score (nSPS) is 13.8. The van der Waals surface area contributed by atoms with Crippen molar-refractivity contribution in [1.82, 2.24) is 24.6 Å².